The summed E-state index contributed by atoms with van der Waals surface area (Å²) in [4.78, 5) is 56.5. The summed E-state index contributed by atoms with van der Waals surface area (Å²) in [6.07, 6.45) is -1.07. The third kappa shape index (κ3) is 8.64. The monoisotopic (exact) mass is 579 g/mol. The average Bonchev–Trinajstić information content (AvgIpc) is 3.26. The van der Waals surface area contributed by atoms with Crippen molar-refractivity contribution < 1.29 is 28.7 Å². The Morgan fingerprint density at radius 1 is 0.975 bits per heavy atom. The van der Waals surface area contributed by atoms with Crippen LogP contribution in [-0.4, -0.2) is 96.4 Å². The molecule has 40 heavy (non-hydrogen) atoms. The second-order valence-corrected chi connectivity index (χ2v) is 12.6. The Bertz CT molecular complexity index is 1110. The van der Waals surface area contributed by atoms with Gasteiger partial charge in [0.2, 0.25) is 11.8 Å². The van der Waals surface area contributed by atoms with E-state index in [0.717, 1.165) is 11.3 Å². The van der Waals surface area contributed by atoms with Crippen molar-refractivity contribution in [1.29, 1.82) is 0 Å². The van der Waals surface area contributed by atoms with E-state index < -0.39 is 41.4 Å². The fourth-order valence-electron chi connectivity index (χ4n) is 4.76. The van der Waals surface area contributed by atoms with Crippen LogP contribution in [-0.2, 0) is 19.1 Å². The molecule has 2 aliphatic heterocycles. The van der Waals surface area contributed by atoms with E-state index in [1.165, 1.54) is 4.90 Å². The lowest BCUT2D eigenvalue weighted by molar-refractivity contribution is -0.136. The average molecular weight is 580 g/mol. The number of carbonyl (C=O) groups excluding carboxylic acids is 4. The Balaban J connectivity index is 1.64. The lowest BCUT2D eigenvalue weighted by Crippen LogP contribution is -2.55. The third-order valence-corrected chi connectivity index (χ3v) is 6.95. The molecule has 1 aromatic rings. The number of halogens is 1. The van der Waals surface area contributed by atoms with Crippen molar-refractivity contribution >= 4 is 41.3 Å². The van der Waals surface area contributed by atoms with Crippen LogP contribution < -0.4 is 15.5 Å². The van der Waals surface area contributed by atoms with Crippen molar-refractivity contribution in [3.05, 3.63) is 28.8 Å². The smallest absolute Gasteiger partial charge is 0.411 e. The topological polar surface area (TPSA) is 121 Å². The molecular weight excluding hydrogens is 538 g/mol. The number of alkyl carbamates (subject to hydrolysis) is 1. The van der Waals surface area contributed by atoms with Gasteiger partial charge < -0.3 is 29.9 Å². The minimum absolute atomic E-state index is 0.116. The molecule has 0 saturated carbocycles. The molecule has 4 amide bonds. The third-order valence-electron chi connectivity index (χ3n) is 6.54. The van der Waals surface area contributed by atoms with Crippen LogP contribution in [0.3, 0.4) is 0 Å². The van der Waals surface area contributed by atoms with E-state index in [-0.39, 0.29) is 25.4 Å². The Labute approximate surface area is 241 Å². The van der Waals surface area contributed by atoms with Gasteiger partial charge in [-0.2, -0.15) is 0 Å². The number of piperazine rings is 1. The summed E-state index contributed by atoms with van der Waals surface area (Å²) in [5, 5.41) is 5.94. The van der Waals surface area contributed by atoms with Crippen LogP contribution in [0.4, 0.5) is 15.3 Å². The zero-order valence-electron chi connectivity index (χ0n) is 24.5. The van der Waals surface area contributed by atoms with Gasteiger partial charge in [0, 0.05) is 49.5 Å². The highest BCUT2D eigenvalue weighted by molar-refractivity contribution is 6.31. The van der Waals surface area contributed by atoms with Crippen molar-refractivity contribution in [3.63, 3.8) is 0 Å². The fourth-order valence-corrected chi connectivity index (χ4v) is 4.93. The number of nitrogens with zero attached hydrogens (tertiary/aromatic N) is 3. The van der Waals surface area contributed by atoms with Gasteiger partial charge >= 0.3 is 12.2 Å². The molecule has 0 spiro atoms. The maximum Gasteiger partial charge on any atom is 0.411 e. The summed E-state index contributed by atoms with van der Waals surface area (Å²) in [7, 11) is 0. The molecule has 0 unspecified atom stereocenters. The first kappa shape index (κ1) is 31.3. The molecule has 2 aliphatic rings. The normalized spacial score (nSPS) is 19.8. The Morgan fingerprint density at radius 3 is 2.20 bits per heavy atom. The van der Waals surface area contributed by atoms with Gasteiger partial charge in [-0.3, -0.25) is 14.5 Å². The maximum absolute atomic E-state index is 13.7. The van der Waals surface area contributed by atoms with Gasteiger partial charge in [0.1, 0.15) is 23.8 Å². The van der Waals surface area contributed by atoms with Crippen LogP contribution in [0.5, 0.6) is 0 Å². The Morgan fingerprint density at radius 2 is 1.60 bits per heavy atom. The number of benzene rings is 1. The molecule has 2 atom stereocenters. The van der Waals surface area contributed by atoms with E-state index in [9.17, 15) is 19.2 Å². The van der Waals surface area contributed by atoms with Gasteiger partial charge in [-0.1, -0.05) is 17.7 Å². The zero-order chi connectivity index (χ0) is 29.8. The number of amides is 4. The summed E-state index contributed by atoms with van der Waals surface area (Å²) >= 11 is 6.30. The van der Waals surface area contributed by atoms with E-state index in [0.29, 0.717) is 31.2 Å². The molecule has 1 aromatic carbocycles. The molecule has 2 saturated heterocycles. The first-order chi connectivity index (χ1) is 18.5. The van der Waals surface area contributed by atoms with Crippen molar-refractivity contribution in [1.82, 2.24) is 20.4 Å². The van der Waals surface area contributed by atoms with Gasteiger partial charge in [0.05, 0.1) is 0 Å². The number of hydrogen-bond acceptors (Lipinski definition) is 7. The highest BCUT2D eigenvalue weighted by Gasteiger charge is 2.44. The van der Waals surface area contributed by atoms with E-state index in [1.54, 1.807) is 46.4 Å². The van der Waals surface area contributed by atoms with Crippen molar-refractivity contribution in [3.8, 4) is 0 Å². The second-order valence-electron chi connectivity index (χ2n) is 12.2. The molecule has 222 valence electrons. The highest BCUT2D eigenvalue weighted by atomic mass is 35.5. The first-order valence-corrected chi connectivity index (χ1v) is 14.0. The molecular formula is C28H42ClN5O6. The summed E-state index contributed by atoms with van der Waals surface area (Å²) < 4.78 is 10.7. The predicted molar refractivity (Wildman–Crippen MR) is 152 cm³/mol. The van der Waals surface area contributed by atoms with Gasteiger partial charge in [-0.15, -0.1) is 0 Å². The van der Waals surface area contributed by atoms with E-state index in [2.05, 4.69) is 15.5 Å². The number of anilines is 1. The van der Waals surface area contributed by atoms with Crippen LogP contribution in [0, 0.1) is 6.92 Å². The number of ether oxygens (including phenoxy) is 2. The Kier molecular flexibility index (Phi) is 9.81. The molecule has 0 aromatic heterocycles. The molecule has 2 N–H and O–H groups in total. The molecule has 0 aliphatic carbocycles. The van der Waals surface area contributed by atoms with Crippen LogP contribution >= 0.6 is 11.6 Å². The van der Waals surface area contributed by atoms with E-state index in [1.807, 2.05) is 25.1 Å². The second kappa shape index (κ2) is 12.5. The number of hydrogen-bond donors (Lipinski definition) is 2. The summed E-state index contributed by atoms with van der Waals surface area (Å²) in [5.41, 5.74) is 0.602. The van der Waals surface area contributed by atoms with Crippen molar-refractivity contribution in [2.45, 2.75) is 78.2 Å². The number of carbonyl (C=O) groups is 4. The minimum Gasteiger partial charge on any atom is -0.444 e. The number of likely N-dealkylation sites (tertiary alicyclic amines) is 1. The van der Waals surface area contributed by atoms with E-state index >= 15 is 0 Å². The Hall–Kier alpha value is -3.21. The van der Waals surface area contributed by atoms with Crippen LogP contribution in [0.1, 0.15) is 53.5 Å². The minimum atomic E-state index is -0.779. The molecule has 2 fully saturated rings. The van der Waals surface area contributed by atoms with Crippen LogP contribution in [0.2, 0.25) is 5.02 Å². The maximum atomic E-state index is 13.7. The first-order valence-electron chi connectivity index (χ1n) is 13.6. The van der Waals surface area contributed by atoms with Gasteiger partial charge in [0.25, 0.3) is 0 Å². The standard InChI is InChI=1S/C28H42ClN5O6/c1-18-20(29)9-8-10-21(18)32-11-13-33(14-12-32)24(36)22-15-19(17-34(22)26(38)40-28(5,6)7)31-23(35)16-30-25(37)39-27(2,3)4/h8-10,19,22H,11-17H2,1-7H3,(H,30,37)(H,31,35)/t19-,22+/m1/s1. The summed E-state index contributed by atoms with van der Waals surface area (Å²) in [6.45, 7) is 14.5. The largest absolute Gasteiger partial charge is 0.444 e. The number of rotatable bonds is 5. The predicted octanol–water partition coefficient (Wildman–Crippen LogP) is 3.32. The van der Waals surface area contributed by atoms with Crippen LogP contribution in [0.15, 0.2) is 18.2 Å². The van der Waals surface area contributed by atoms with Gasteiger partial charge in [-0.25, -0.2) is 9.59 Å². The lowest BCUT2D eigenvalue weighted by Gasteiger charge is -2.39. The quantitative estimate of drug-likeness (QED) is 0.549. The summed E-state index contributed by atoms with van der Waals surface area (Å²) in [5.74, 6) is -0.629. The van der Waals surface area contributed by atoms with Gasteiger partial charge in [-0.05, 0) is 72.6 Å². The SMILES string of the molecule is Cc1c(Cl)cccc1N1CCN(C(=O)[C@@H]2C[C@@H](NC(=O)CNC(=O)OC(C)(C)C)CN2C(=O)OC(C)(C)C)CC1. The number of nitrogens with one attached hydrogen (secondary N) is 2. The fraction of sp³-hybridized carbons (Fsp3) is 0.643. The highest BCUT2D eigenvalue weighted by Crippen LogP contribution is 2.28. The van der Waals surface area contributed by atoms with E-state index in [4.69, 9.17) is 21.1 Å². The molecule has 0 radical (unpaired) electrons. The van der Waals surface area contributed by atoms with Crippen molar-refractivity contribution in [2.75, 3.05) is 44.2 Å². The van der Waals surface area contributed by atoms with Gasteiger partial charge in [0.15, 0.2) is 0 Å². The summed E-state index contributed by atoms with van der Waals surface area (Å²) in [6, 6.07) is 4.53. The zero-order valence-corrected chi connectivity index (χ0v) is 25.3. The molecule has 3 rings (SSSR count). The van der Waals surface area contributed by atoms with Crippen LogP contribution in [0.25, 0.3) is 0 Å². The molecule has 11 nitrogen and oxygen atoms in total. The molecule has 0 bridgehead atoms. The van der Waals surface area contributed by atoms with Crippen molar-refractivity contribution in [2.24, 2.45) is 0 Å². The molecule has 2 heterocycles. The lowest BCUT2D eigenvalue weighted by atomic mass is 10.1. The molecule has 12 heteroatoms.